The Morgan fingerprint density at radius 2 is 2.00 bits per heavy atom. The molecule has 0 aromatic rings. The van der Waals surface area contributed by atoms with Crippen LogP contribution in [0.25, 0.3) is 0 Å². The lowest BCUT2D eigenvalue weighted by Gasteiger charge is -2.33. The highest BCUT2D eigenvalue weighted by molar-refractivity contribution is 5.99. The summed E-state index contributed by atoms with van der Waals surface area (Å²) in [6.45, 7) is 4.15. The predicted molar refractivity (Wildman–Crippen MR) is 66.4 cm³/mol. The van der Waals surface area contributed by atoms with Gasteiger partial charge in [0.15, 0.2) is 5.78 Å². The standard InChI is InChI=1S/C14H23NO/c1-14(8-10-15-11-9-14)13(16)12-6-4-2-3-5-7-12/h6,15H,2-5,7-11H2,1H3. The van der Waals surface area contributed by atoms with Crippen molar-refractivity contribution in [3.8, 4) is 0 Å². The van der Waals surface area contributed by atoms with Gasteiger partial charge in [-0.3, -0.25) is 4.79 Å². The molecule has 0 aromatic carbocycles. The minimum atomic E-state index is -0.0819. The molecule has 1 aliphatic carbocycles. The van der Waals surface area contributed by atoms with Crippen molar-refractivity contribution in [2.24, 2.45) is 5.41 Å². The molecule has 2 nitrogen and oxygen atoms in total. The Kier molecular flexibility index (Phi) is 3.80. The van der Waals surface area contributed by atoms with Gasteiger partial charge in [-0.25, -0.2) is 0 Å². The summed E-state index contributed by atoms with van der Waals surface area (Å²) >= 11 is 0. The number of hydrogen-bond donors (Lipinski definition) is 1. The molecule has 0 spiro atoms. The van der Waals surface area contributed by atoms with Crippen LogP contribution < -0.4 is 5.32 Å². The first-order chi connectivity index (χ1) is 7.72. The Morgan fingerprint density at radius 1 is 1.25 bits per heavy atom. The highest BCUT2D eigenvalue weighted by Gasteiger charge is 2.35. The highest BCUT2D eigenvalue weighted by atomic mass is 16.1. The van der Waals surface area contributed by atoms with E-state index in [1.54, 1.807) is 0 Å². The lowest BCUT2D eigenvalue weighted by molar-refractivity contribution is -0.125. The fourth-order valence-corrected chi connectivity index (χ4v) is 2.81. The Balaban J connectivity index is 2.07. The third-order valence-corrected chi connectivity index (χ3v) is 4.09. The SMILES string of the molecule is CC1(C(=O)C2=CCCCCC2)CCNCC1. The summed E-state index contributed by atoms with van der Waals surface area (Å²) in [6.07, 6.45) is 10.1. The quantitative estimate of drug-likeness (QED) is 0.777. The second-order valence-electron chi connectivity index (χ2n) is 5.47. The van der Waals surface area contributed by atoms with E-state index in [1.165, 1.54) is 19.3 Å². The number of ketones is 1. The zero-order valence-electron chi connectivity index (χ0n) is 10.3. The second-order valence-corrected chi connectivity index (χ2v) is 5.47. The first-order valence-corrected chi connectivity index (χ1v) is 6.67. The fraction of sp³-hybridized carbons (Fsp3) is 0.786. The molecular weight excluding hydrogens is 198 g/mol. The van der Waals surface area contributed by atoms with Crippen LogP contribution in [-0.2, 0) is 4.79 Å². The Morgan fingerprint density at radius 3 is 2.75 bits per heavy atom. The van der Waals surface area contributed by atoms with Crippen molar-refractivity contribution in [3.63, 3.8) is 0 Å². The van der Waals surface area contributed by atoms with Gasteiger partial charge in [-0.15, -0.1) is 0 Å². The molecule has 2 aliphatic rings. The maximum absolute atomic E-state index is 12.5. The van der Waals surface area contributed by atoms with Gasteiger partial charge in [-0.1, -0.05) is 19.4 Å². The molecule has 0 unspecified atom stereocenters. The van der Waals surface area contributed by atoms with Crippen LogP contribution in [0.1, 0.15) is 51.9 Å². The summed E-state index contributed by atoms with van der Waals surface area (Å²) in [5, 5.41) is 3.34. The zero-order valence-corrected chi connectivity index (χ0v) is 10.3. The van der Waals surface area contributed by atoms with Crippen LogP contribution in [0.2, 0.25) is 0 Å². The van der Waals surface area contributed by atoms with Gasteiger partial charge < -0.3 is 5.32 Å². The number of piperidine rings is 1. The van der Waals surface area contributed by atoms with E-state index in [2.05, 4.69) is 18.3 Å². The molecular formula is C14H23NO. The molecule has 0 aromatic heterocycles. The van der Waals surface area contributed by atoms with Crippen LogP contribution in [0.4, 0.5) is 0 Å². The molecule has 1 N–H and O–H groups in total. The first-order valence-electron chi connectivity index (χ1n) is 6.67. The van der Waals surface area contributed by atoms with Crippen molar-refractivity contribution >= 4 is 5.78 Å². The Labute approximate surface area is 98.5 Å². The largest absolute Gasteiger partial charge is 0.317 e. The van der Waals surface area contributed by atoms with E-state index in [1.807, 2.05) is 0 Å². The number of carbonyl (C=O) groups excluding carboxylic acids is 1. The van der Waals surface area contributed by atoms with Gasteiger partial charge in [0, 0.05) is 5.41 Å². The van der Waals surface area contributed by atoms with E-state index in [-0.39, 0.29) is 5.41 Å². The summed E-state index contributed by atoms with van der Waals surface area (Å²) in [7, 11) is 0. The monoisotopic (exact) mass is 221 g/mol. The minimum Gasteiger partial charge on any atom is -0.317 e. The van der Waals surface area contributed by atoms with E-state index < -0.39 is 0 Å². The molecule has 0 saturated carbocycles. The lowest BCUT2D eigenvalue weighted by atomic mass is 9.74. The number of carbonyl (C=O) groups is 1. The molecule has 90 valence electrons. The average Bonchev–Trinajstić information content (AvgIpc) is 2.57. The molecule has 1 aliphatic heterocycles. The molecule has 1 heterocycles. The maximum atomic E-state index is 12.5. The number of nitrogens with one attached hydrogen (secondary N) is 1. The maximum Gasteiger partial charge on any atom is 0.164 e. The van der Waals surface area contributed by atoms with Gasteiger partial charge in [-0.05, 0) is 57.2 Å². The summed E-state index contributed by atoms with van der Waals surface area (Å²) in [5.74, 6) is 0.441. The molecule has 2 heteroatoms. The van der Waals surface area contributed by atoms with Crippen molar-refractivity contribution in [1.82, 2.24) is 5.32 Å². The van der Waals surface area contributed by atoms with Crippen LogP contribution in [0.5, 0.6) is 0 Å². The summed E-state index contributed by atoms with van der Waals surface area (Å²) in [5.41, 5.74) is 1.04. The van der Waals surface area contributed by atoms with Crippen LogP contribution in [-0.4, -0.2) is 18.9 Å². The molecule has 1 saturated heterocycles. The molecule has 2 rings (SSSR count). The zero-order chi connectivity index (χ0) is 11.4. The van der Waals surface area contributed by atoms with Crippen molar-refractivity contribution < 1.29 is 4.79 Å². The van der Waals surface area contributed by atoms with Crippen LogP contribution in [0.15, 0.2) is 11.6 Å². The third kappa shape index (κ3) is 2.54. The van der Waals surface area contributed by atoms with E-state index in [4.69, 9.17) is 0 Å². The van der Waals surface area contributed by atoms with E-state index in [0.29, 0.717) is 5.78 Å². The Bertz CT molecular complexity index is 287. The second kappa shape index (κ2) is 5.13. The topological polar surface area (TPSA) is 29.1 Å². The number of allylic oxidation sites excluding steroid dienone is 2. The number of Topliss-reactive ketones (excluding diaryl/α,β-unsaturated/α-hetero) is 1. The van der Waals surface area contributed by atoms with Crippen molar-refractivity contribution in [2.45, 2.75) is 51.9 Å². The average molecular weight is 221 g/mol. The number of rotatable bonds is 2. The van der Waals surface area contributed by atoms with Crippen LogP contribution >= 0.6 is 0 Å². The normalized spacial score (nSPS) is 25.7. The molecule has 16 heavy (non-hydrogen) atoms. The minimum absolute atomic E-state index is 0.0819. The van der Waals surface area contributed by atoms with Crippen molar-refractivity contribution in [3.05, 3.63) is 11.6 Å². The third-order valence-electron chi connectivity index (χ3n) is 4.09. The van der Waals surface area contributed by atoms with Gasteiger partial charge in [-0.2, -0.15) is 0 Å². The molecule has 0 amide bonds. The smallest absolute Gasteiger partial charge is 0.164 e. The number of hydrogen-bond acceptors (Lipinski definition) is 2. The van der Waals surface area contributed by atoms with Crippen molar-refractivity contribution in [2.75, 3.05) is 13.1 Å². The lowest BCUT2D eigenvalue weighted by Crippen LogP contribution is -2.40. The summed E-state index contributed by atoms with van der Waals surface area (Å²) in [4.78, 5) is 12.5. The molecule has 0 atom stereocenters. The van der Waals surface area contributed by atoms with Gasteiger partial charge in [0.05, 0.1) is 0 Å². The van der Waals surface area contributed by atoms with Gasteiger partial charge in [0.1, 0.15) is 0 Å². The highest BCUT2D eigenvalue weighted by Crippen LogP contribution is 2.34. The van der Waals surface area contributed by atoms with Crippen LogP contribution in [0.3, 0.4) is 0 Å². The van der Waals surface area contributed by atoms with E-state index >= 15 is 0 Å². The predicted octanol–water partition coefficient (Wildman–Crippen LogP) is 2.84. The molecule has 0 radical (unpaired) electrons. The van der Waals surface area contributed by atoms with Crippen molar-refractivity contribution in [1.29, 1.82) is 0 Å². The molecule has 0 bridgehead atoms. The van der Waals surface area contributed by atoms with Gasteiger partial charge >= 0.3 is 0 Å². The molecule has 1 fully saturated rings. The van der Waals surface area contributed by atoms with E-state index in [9.17, 15) is 4.79 Å². The van der Waals surface area contributed by atoms with Crippen LogP contribution in [0, 0.1) is 5.41 Å². The van der Waals surface area contributed by atoms with Gasteiger partial charge in [0.2, 0.25) is 0 Å². The summed E-state index contributed by atoms with van der Waals surface area (Å²) < 4.78 is 0. The first kappa shape index (κ1) is 11.8. The Hall–Kier alpha value is -0.630. The fourth-order valence-electron chi connectivity index (χ4n) is 2.81. The van der Waals surface area contributed by atoms with E-state index in [0.717, 1.165) is 44.3 Å². The summed E-state index contributed by atoms with van der Waals surface area (Å²) in [6, 6.07) is 0. The van der Waals surface area contributed by atoms with Gasteiger partial charge in [0.25, 0.3) is 0 Å².